The highest BCUT2D eigenvalue weighted by Gasteiger charge is 2.56. The van der Waals surface area contributed by atoms with Crippen molar-refractivity contribution in [2.75, 3.05) is 38.8 Å². The zero-order chi connectivity index (χ0) is 51.7. The Morgan fingerprint density at radius 1 is 0.597 bits per heavy atom. The fraction of sp³-hybridized carbons (Fsp3) is 0.556. The molecule has 4 aliphatic rings. The Morgan fingerprint density at radius 2 is 0.958 bits per heavy atom. The largest absolute Gasteiger partial charge is 0.374 e. The van der Waals surface area contributed by atoms with Crippen LogP contribution in [0.5, 0.6) is 0 Å². The van der Waals surface area contributed by atoms with Crippen LogP contribution in [0.1, 0.15) is 102 Å². The molecule has 16 nitrogen and oxygen atoms in total. The van der Waals surface area contributed by atoms with Crippen LogP contribution in [-0.4, -0.2) is 131 Å². The highest BCUT2D eigenvalue weighted by atomic mass is 32.2. The number of thioether (sulfide) groups is 2. The van der Waals surface area contributed by atoms with Crippen molar-refractivity contribution in [2.24, 2.45) is 10.8 Å². The molecule has 6 N–H and O–H groups in total. The van der Waals surface area contributed by atoms with Crippen molar-refractivity contribution in [3.8, 4) is 0 Å². The maximum absolute atomic E-state index is 14.5. The predicted octanol–water partition coefficient (Wildman–Crippen LogP) is 4.80. The van der Waals surface area contributed by atoms with Gasteiger partial charge in [-0.3, -0.25) is 28.8 Å². The number of nitrogens with one attached hydrogen (secondary N) is 6. The molecule has 0 saturated carbocycles. The average molecular weight is 1030 g/mol. The first-order chi connectivity index (χ1) is 34.4. The Balaban J connectivity index is 0.960. The van der Waals surface area contributed by atoms with Gasteiger partial charge in [-0.2, -0.15) is 0 Å². The van der Waals surface area contributed by atoms with Crippen LogP contribution in [0.25, 0.3) is 0 Å². The number of amides is 6. The topological polar surface area (TPSA) is 200 Å². The number of rotatable bonds is 20. The number of fused-ring (bicyclic) bond motifs is 2. The molecule has 2 unspecified atom stereocenters. The lowest BCUT2D eigenvalue weighted by Gasteiger charge is -2.35. The molecule has 3 aromatic carbocycles. The van der Waals surface area contributed by atoms with E-state index < -0.39 is 59.2 Å². The Bertz CT molecular complexity index is 2200. The molecule has 4 fully saturated rings. The summed E-state index contributed by atoms with van der Waals surface area (Å²) in [5.41, 5.74) is 2.56. The molecular formula is C54H74N8O8S2. The minimum absolute atomic E-state index is 0.184. The average Bonchev–Trinajstić information content (AvgIpc) is 3.69. The van der Waals surface area contributed by atoms with Crippen LogP contribution >= 0.6 is 23.5 Å². The minimum Gasteiger partial charge on any atom is -0.374 e. The normalized spacial score (nSPS) is 25.2. The van der Waals surface area contributed by atoms with E-state index in [-0.39, 0.29) is 72.6 Å². The second kappa shape index (κ2) is 24.4. The first-order valence-electron chi connectivity index (χ1n) is 25.2. The molecule has 0 aliphatic carbocycles. The summed E-state index contributed by atoms with van der Waals surface area (Å²) in [7, 11) is 3.40. The summed E-state index contributed by atoms with van der Waals surface area (Å²) in [5, 5.41) is 17.8. The van der Waals surface area contributed by atoms with E-state index in [0.29, 0.717) is 37.2 Å². The van der Waals surface area contributed by atoms with Gasteiger partial charge >= 0.3 is 0 Å². The summed E-state index contributed by atoms with van der Waals surface area (Å²) in [5.74, 6) is -0.136. The highest BCUT2D eigenvalue weighted by Crippen LogP contribution is 2.48. The number of benzene rings is 3. The third kappa shape index (κ3) is 13.0. The van der Waals surface area contributed by atoms with Gasteiger partial charge in [0.05, 0.1) is 61.3 Å². The van der Waals surface area contributed by atoms with E-state index in [4.69, 9.17) is 9.47 Å². The molecule has 7 rings (SSSR count). The summed E-state index contributed by atoms with van der Waals surface area (Å²) in [6.07, 6.45) is 2.27. The SMILES string of the molecule is CN[C@@H](C)C(=O)N[C@@H]1CCSC2CC(C)(C)[C@H](C(=O)N[C@@H](COCc3ccc(COC[C@@H](NC(=O)[C@H]4N5C(=O)[C@@H](NC(=O)[C@@H](C)NC)CCSC5CC4(C)C)c4ccccc4)cc3)c3ccccc3)N2C1=O. The summed E-state index contributed by atoms with van der Waals surface area (Å²) in [4.78, 5) is 86.4. The molecule has 390 valence electrons. The molecule has 0 aromatic heterocycles. The fourth-order valence-corrected chi connectivity index (χ4v) is 13.3. The number of carbonyl (C=O) groups excluding carboxylic acids is 6. The summed E-state index contributed by atoms with van der Waals surface area (Å²) < 4.78 is 12.6. The van der Waals surface area contributed by atoms with E-state index in [1.54, 1.807) is 61.3 Å². The number of hydrogen-bond donors (Lipinski definition) is 6. The summed E-state index contributed by atoms with van der Waals surface area (Å²) in [6, 6.07) is 22.4. The predicted molar refractivity (Wildman–Crippen MR) is 281 cm³/mol. The van der Waals surface area contributed by atoms with Crippen molar-refractivity contribution < 1.29 is 38.2 Å². The van der Waals surface area contributed by atoms with Gasteiger partial charge in [-0.15, -0.1) is 23.5 Å². The molecule has 4 aliphatic heterocycles. The van der Waals surface area contributed by atoms with Gasteiger partial charge < -0.3 is 51.2 Å². The van der Waals surface area contributed by atoms with Crippen LogP contribution in [0.2, 0.25) is 0 Å². The molecule has 10 atom stereocenters. The van der Waals surface area contributed by atoms with E-state index in [1.165, 1.54) is 0 Å². The van der Waals surface area contributed by atoms with Gasteiger partial charge in [0.25, 0.3) is 0 Å². The second-order valence-corrected chi connectivity index (χ2v) is 23.4. The third-order valence-electron chi connectivity index (χ3n) is 14.5. The zero-order valence-corrected chi connectivity index (χ0v) is 44.5. The van der Waals surface area contributed by atoms with Crippen LogP contribution in [0, 0.1) is 10.8 Å². The Morgan fingerprint density at radius 3 is 1.31 bits per heavy atom. The number of carbonyl (C=O) groups is 6. The van der Waals surface area contributed by atoms with E-state index in [9.17, 15) is 28.8 Å². The number of ether oxygens (including phenoxy) is 2. The van der Waals surface area contributed by atoms with Crippen LogP contribution in [0.3, 0.4) is 0 Å². The van der Waals surface area contributed by atoms with Crippen LogP contribution in [0.15, 0.2) is 84.9 Å². The highest BCUT2D eigenvalue weighted by molar-refractivity contribution is 8.00. The fourth-order valence-electron chi connectivity index (χ4n) is 10.2. The number of hydrogen-bond acceptors (Lipinski definition) is 12. The van der Waals surface area contributed by atoms with Gasteiger partial charge in [-0.1, -0.05) is 113 Å². The molecule has 6 amide bonds. The maximum atomic E-state index is 14.5. The van der Waals surface area contributed by atoms with Crippen LogP contribution in [-0.2, 0) is 51.5 Å². The number of likely N-dealkylation sites (N-methyl/N-ethyl adjacent to an activating group) is 2. The Labute approximate surface area is 433 Å². The van der Waals surface area contributed by atoms with Gasteiger partial charge in [-0.25, -0.2) is 0 Å². The first-order valence-corrected chi connectivity index (χ1v) is 27.3. The van der Waals surface area contributed by atoms with Crippen LogP contribution < -0.4 is 31.9 Å². The van der Waals surface area contributed by atoms with E-state index >= 15 is 0 Å². The molecule has 0 radical (unpaired) electrons. The van der Waals surface area contributed by atoms with Crippen molar-refractivity contribution in [3.05, 3.63) is 107 Å². The van der Waals surface area contributed by atoms with E-state index in [0.717, 1.165) is 22.3 Å². The van der Waals surface area contributed by atoms with Crippen LogP contribution in [0.4, 0.5) is 0 Å². The lowest BCUT2D eigenvalue weighted by molar-refractivity contribution is -0.144. The van der Waals surface area contributed by atoms with Gasteiger partial charge in [0.1, 0.15) is 24.2 Å². The number of nitrogens with zero attached hydrogens (tertiary/aromatic N) is 2. The monoisotopic (exact) mass is 1030 g/mol. The van der Waals surface area contributed by atoms with Gasteiger partial charge in [-0.05, 0) is 98.2 Å². The smallest absolute Gasteiger partial charge is 0.246 e. The molecule has 18 heteroatoms. The molecule has 4 heterocycles. The molecule has 3 aromatic rings. The van der Waals surface area contributed by atoms with Crippen molar-refractivity contribution >= 4 is 59.0 Å². The first kappa shape index (κ1) is 54.8. The summed E-state index contributed by atoms with van der Waals surface area (Å²) in [6.45, 7) is 12.5. The Kier molecular flexibility index (Phi) is 18.5. The molecular weight excluding hydrogens is 953 g/mol. The Hall–Kier alpha value is -4.98. The van der Waals surface area contributed by atoms with Gasteiger partial charge in [0.2, 0.25) is 35.4 Å². The molecule has 0 bridgehead atoms. The lowest BCUT2D eigenvalue weighted by atomic mass is 9.83. The molecule has 0 spiro atoms. The van der Waals surface area contributed by atoms with Crippen molar-refractivity contribution in [1.82, 2.24) is 41.7 Å². The lowest BCUT2D eigenvalue weighted by Crippen LogP contribution is -2.58. The standard InChI is InChI=1S/C54H74N8O8S2/c1-33(55-7)47(63)57-39-23-25-71-43-27-53(3,4)45(61(43)51(39)67)49(65)59-41(37-15-11-9-12-16-37)31-69-29-35-19-21-36(22-20-35)30-70-32-42(38-17-13-10-14-18-38)60-50(66)46-54(5,6)28-44-62(46)52(68)40(24-26-72-44)58-48(64)34(2)56-8/h9-22,33-34,39-46,55-56H,23-32H2,1-8H3,(H,57,63)(H,58,64)(H,59,65)(H,60,66)/t33-,34+,39+,40-,41-,42+,43?,44?,45-,46+. The summed E-state index contributed by atoms with van der Waals surface area (Å²) >= 11 is 3.32. The quantitative estimate of drug-likeness (QED) is 0.0906. The maximum Gasteiger partial charge on any atom is 0.246 e. The van der Waals surface area contributed by atoms with E-state index in [2.05, 4.69) is 31.9 Å². The van der Waals surface area contributed by atoms with Gasteiger partial charge in [0, 0.05) is 0 Å². The molecule has 72 heavy (non-hydrogen) atoms. The van der Waals surface area contributed by atoms with Crippen molar-refractivity contribution in [2.45, 2.75) is 140 Å². The zero-order valence-electron chi connectivity index (χ0n) is 42.9. The third-order valence-corrected chi connectivity index (χ3v) is 17.0. The van der Waals surface area contributed by atoms with Gasteiger partial charge in [0.15, 0.2) is 0 Å². The van der Waals surface area contributed by atoms with Crippen molar-refractivity contribution in [1.29, 1.82) is 0 Å². The second-order valence-electron chi connectivity index (χ2n) is 20.8. The van der Waals surface area contributed by atoms with E-state index in [1.807, 2.05) is 113 Å². The minimum atomic E-state index is -0.750. The van der Waals surface area contributed by atoms with Crippen molar-refractivity contribution in [3.63, 3.8) is 0 Å². The molecule has 4 saturated heterocycles.